The van der Waals surface area contributed by atoms with Gasteiger partial charge < -0.3 is 10.4 Å². The lowest BCUT2D eigenvalue weighted by Crippen LogP contribution is -2.39. The molecule has 0 heterocycles. The zero-order valence-corrected chi connectivity index (χ0v) is 11.3. The maximum absolute atomic E-state index is 13.6. The molecule has 0 radical (unpaired) electrons. The van der Waals surface area contributed by atoms with E-state index in [1.807, 2.05) is 13.8 Å². The second-order valence-corrected chi connectivity index (χ2v) is 4.92. The van der Waals surface area contributed by atoms with Crippen LogP contribution in [0.1, 0.15) is 36.2 Å². The van der Waals surface area contributed by atoms with Crippen LogP contribution >= 0.6 is 0 Å². The molecule has 1 aromatic rings. The maximum Gasteiger partial charge on any atom is 0.254 e. The molecule has 106 valence electrons. The molecule has 5 heteroatoms. The molecule has 0 spiro atoms. The topological polar surface area (TPSA) is 49.3 Å². The Morgan fingerprint density at radius 1 is 1.32 bits per heavy atom. The molecule has 1 amide bonds. The second-order valence-electron chi connectivity index (χ2n) is 4.92. The Bertz CT molecular complexity index is 461. The Morgan fingerprint density at radius 3 is 2.47 bits per heavy atom. The van der Waals surface area contributed by atoms with Crippen molar-refractivity contribution in [1.29, 1.82) is 0 Å². The number of aliphatic hydroxyl groups excluding tert-OH is 1. The van der Waals surface area contributed by atoms with Crippen molar-refractivity contribution in [2.45, 2.75) is 33.2 Å². The van der Waals surface area contributed by atoms with Crippen LogP contribution in [0.5, 0.6) is 0 Å². The first-order valence-electron chi connectivity index (χ1n) is 6.24. The molecule has 1 aromatic carbocycles. The van der Waals surface area contributed by atoms with Gasteiger partial charge in [0.2, 0.25) is 0 Å². The normalized spacial score (nSPS) is 12.6. The number of carbonyl (C=O) groups excluding carboxylic acids is 1. The van der Waals surface area contributed by atoms with E-state index in [0.717, 1.165) is 0 Å². The molecule has 0 saturated heterocycles. The Hall–Kier alpha value is -1.49. The largest absolute Gasteiger partial charge is 0.396 e. The highest BCUT2D eigenvalue weighted by Crippen LogP contribution is 2.15. The molecule has 1 rings (SSSR count). The molecule has 1 unspecified atom stereocenters. The fraction of sp³-hybridized carbons (Fsp3) is 0.500. The summed E-state index contributed by atoms with van der Waals surface area (Å²) in [6.07, 6.45) is 0.394. The number of hydrogen-bond acceptors (Lipinski definition) is 2. The summed E-state index contributed by atoms with van der Waals surface area (Å²) in [5, 5.41) is 11.6. The molecular weight excluding hydrogens is 252 g/mol. The van der Waals surface area contributed by atoms with Gasteiger partial charge in [0.15, 0.2) is 0 Å². The number of amides is 1. The summed E-state index contributed by atoms with van der Waals surface area (Å²) >= 11 is 0. The summed E-state index contributed by atoms with van der Waals surface area (Å²) < 4.78 is 26.7. The fourth-order valence-corrected chi connectivity index (χ4v) is 1.79. The van der Waals surface area contributed by atoms with E-state index in [4.69, 9.17) is 5.11 Å². The fourth-order valence-electron chi connectivity index (χ4n) is 1.79. The monoisotopic (exact) mass is 271 g/mol. The first-order chi connectivity index (χ1) is 8.86. The Balaban J connectivity index is 2.91. The van der Waals surface area contributed by atoms with Gasteiger partial charge in [-0.3, -0.25) is 4.79 Å². The third kappa shape index (κ3) is 3.99. The van der Waals surface area contributed by atoms with Crippen molar-refractivity contribution in [1.82, 2.24) is 5.32 Å². The van der Waals surface area contributed by atoms with Crippen LogP contribution < -0.4 is 5.32 Å². The molecule has 0 aromatic heterocycles. The van der Waals surface area contributed by atoms with Crippen molar-refractivity contribution in [2.75, 3.05) is 6.61 Å². The SMILES string of the molecule is Cc1cc(C(=O)NC(CCO)C(C)C)c(F)cc1F. The molecule has 0 aliphatic carbocycles. The Labute approximate surface area is 111 Å². The van der Waals surface area contributed by atoms with Gasteiger partial charge in [-0.15, -0.1) is 0 Å². The number of rotatable bonds is 5. The lowest BCUT2D eigenvalue weighted by Gasteiger charge is -2.21. The predicted octanol–water partition coefficient (Wildman–Crippen LogP) is 2.41. The number of halogens is 2. The zero-order chi connectivity index (χ0) is 14.6. The zero-order valence-electron chi connectivity index (χ0n) is 11.3. The minimum atomic E-state index is -0.882. The van der Waals surface area contributed by atoms with E-state index < -0.39 is 17.5 Å². The van der Waals surface area contributed by atoms with Crippen LogP contribution in [0.15, 0.2) is 12.1 Å². The number of nitrogens with one attached hydrogen (secondary N) is 1. The predicted molar refractivity (Wildman–Crippen MR) is 68.9 cm³/mol. The van der Waals surface area contributed by atoms with Gasteiger partial charge in [0.25, 0.3) is 5.91 Å². The van der Waals surface area contributed by atoms with E-state index in [2.05, 4.69) is 5.32 Å². The lowest BCUT2D eigenvalue weighted by molar-refractivity contribution is 0.0912. The molecule has 19 heavy (non-hydrogen) atoms. The van der Waals surface area contributed by atoms with Gasteiger partial charge in [0.1, 0.15) is 11.6 Å². The highest BCUT2D eigenvalue weighted by molar-refractivity contribution is 5.94. The van der Waals surface area contributed by atoms with Crippen molar-refractivity contribution in [3.05, 3.63) is 34.9 Å². The van der Waals surface area contributed by atoms with Crippen molar-refractivity contribution in [3.63, 3.8) is 0 Å². The van der Waals surface area contributed by atoms with E-state index in [-0.39, 0.29) is 29.7 Å². The minimum Gasteiger partial charge on any atom is -0.396 e. The van der Waals surface area contributed by atoms with E-state index in [9.17, 15) is 13.6 Å². The lowest BCUT2D eigenvalue weighted by atomic mass is 10.0. The summed E-state index contributed by atoms with van der Waals surface area (Å²) in [5.74, 6) is -2.04. The van der Waals surface area contributed by atoms with Crippen LogP contribution in [0.4, 0.5) is 8.78 Å². The molecular formula is C14H19F2NO2. The number of hydrogen-bond donors (Lipinski definition) is 2. The maximum atomic E-state index is 13.6. The number of aliphatic hydroxyl groups is 1. The van der Waals surface area contributed by atoms with Crippen molar-refractivity contribution in [2.24, 2.45) is 5.92 Å². The van der Waals surface area contributed by atoms with Crippen LogP contribution in [-0.2, 0) is 0 Å². The average Bonchev–Trinajstić information content (AvgIpc) is 2.32. The van der Waals surface area contributed by atoms with Crippen LogP contribution in [0.25, 0.3) is 0 Å². The first-order valence-corrected chi connectivity index (χ1v) is 6.24. The molecule has 3 nitrogen and oxygen atoms in total. The summed E-state index contributed by atoms with van der Waals surface area (Å²) in [6, 6.07) is 1.65. The highest BCUT2D eigenvalue weighted by atomic mass is 19.1. The summed E-state index contributed by atoms with van der Waals surface area (Å²) in [7, 11) is 0. The third-order valence-corrected chi connectivity index (χ3v) is 3.05. The van der Waals surface area contributed by atoms with Gasteiger partial charge in [0, 0.05) is 18.7 Å². The molecule has 0 saturated carbocycles. The first kappa shape index (κ1) is 15.6. The number of carbonyl (C=O) groups is 1. The molecule has 0 aliphatic heterocycles. The Morgan fingerprint density at radius 2 is 1.95 bits per heavy atom. The minimum absolute atomic E-state index is 0.0615. The van der Waals surface area contributed by atoms with Gasteiger partial charge >= 0.3 is 0 Å². The standard InChI is InChI=1S/C14H19F2NO2/c1-8(2)13(4-5-18)17-14(19)10-6-9(3)11(15)7-12(10)16/h6-8,13,18H,4-5H2,1-3H3,(H,17,19). The van der Waals surface area contributed by atoms with Gasteiger partial charge in [-0.05, 0) is 30.9 Å². The summed E-state index contributed by atoms with van der Waals surface area (Å²) in [5.41, 5.74) is 0.0392. The number of aryl methyl sites for hydroxylation is 1. The van der Waals surface area contributed by atoms with Gasteiger partial charge in [-0.1, -0.05) is 13.8 Å². The van der Waals surface area contributed by atoms with Gasteiger partial charge in [0.05, 0.1) is 5.56 Å². The summed E-state index contributed by atoms with van der Waals surface area (Å²) in [4.78, 5) is 12.0. The molecule has 1 atom stereocenters. The van der Waals surface area contributed by atoms with Crippen LogP contribution in [0.2, 0.25) is 0 Å². The van der Waals surface area contributed by atoms with E-state index in [1.165, 1.54) is 13.0 Å². The van der Waals surface area contributed by atoms with Crippen molar-refractivity contribution < 1.29 is 18.7 Å². The molecule has 0 bridgehead atoms. The second kappa shape index (κ2) is 6.61. The van der Waals surface area contributed by atoms with E-state index >= 15 is 0 Å². The quantitative estimate of drug-likeness (QED) is 0.864. The van der Waals surface area contributed by atoms with Crippen molar-refractivity contribution >= 4 is 5.91 Å². The summed E-state index contributed by atoms with van der Waals surface area (Å²) in [6.45, 7) is 5.20. The molecule has 2 N–H and O–H groups in total. The smallest absolute Gasteiger partial charge is 0.254 e. The molecule has 0 fully saturated rings. The van der Waals surface area contributed by atoms with Crippen LogP contribution in [-0.4, -0.2) is 23.7 Å². The van der Waals surface area contributed by atoms with Crippen molar-refractivity contribution in [3.8, 4) is 0 Å². The van der Waals surface area contributed by atoms with Gasteiger partial charge in [-0.25, -0.2) is 8.78 Å². The van der Waals surface area contributed by atoms with E-state index in [1.54, 1.807) is 0 Å². The van der Waals surface area contributed by atoms with Gasteiger partial charge in [-0.2, -0.15) is 0 Å². The Kier molecular flexibility index (Phi) is 5.42. The average molecular weight is 271 g/mol. The van der Waals surface area contributed by atoms with Crippen LogP contribution in [0.3, 0.4) is 0 Å². The highest BCUT2D eigenvalue weighted by Gasteiger charge is 2.20. The van der Waals surface area contributed by atoms with Crippen LogP contribution in [0, 0.1) is 24.5 Å². The number of benzene rings is 1. The third-order valence-electron chi connectivity index (χ3n) is 3.05. The van der Waals surface area contributed by atoms with E-state index in [0.29, 0.717) is 12.5 Å². The molecule has 0 aliphatic rings.